The molecule has 0 aliphatic heterocycles. The van der Waals surface area contributed by atoms with E-state index < -0.39 is 0 Å². The maximum Gasteiger partial charge on any atom is 0.0947 e. The van der Waals surface area contributed by atoms with Crippen LogP contribution >= 0.6 is 0 Å². The van der Waals surface area contributed by atoms with Crippen molar-refractivity contribution in [1.82, 2.24) is 9.55 Å². The molecule has 0 aliphatic carbocycles. The lowest BCUT2D eigenvalue weighted by Gasteiger charge is -1.81. The van der Waals surface area contributed by atoms with E-state index in [4.69, 9.17) is 6.42 Å². The Morgan fingerprint density at radius 2 is 2.67 bits per heavy atom. The fraction of sp³-hybridized carbons (Fsp3) is 0.286. The van der Waals surface area contributed by atoms with Gasteiger partial charge in [-0.2, -0.15) is 0 Å². The van der Waals surface area contributed by atoms with Crippen LogP contribution in [-0.4, -0.2) is 9.55 Å². The second-order valence-electron chi connectivity index (χ2n) is 1.91. The van der Waals surface area contributed by atoms with E-state index in [2.05, 4.69) is 10.9 Å². The molecule has 46 valence electrons. The maximum atomic E-state index is 5.07. The van der Waals surface area contributed by atoms with Crippen LogP contribution in [0.25, 0.3) is 0 Å². The minimum Gasteiger partial charge on any atom is -0.340 e. The topological polar surface area (TPSA) is 17.8 Å². The van der Waals surface area contributed by atoms with E-state index in [1.54, 1.807) is 6.33 Å². The monoisotopic (exact) mass is 120 g/mol. The lowest BCUT2D eigenvalue weighted by atomic mass is 10.3. The Morgan fingerprint density at radius 1 is 1.89 bits per heavy atom. The zero-order chi connectivity index (χ0) is 6.69. The van der Waals surface area contributed by atoms with Gasteiger partial charge in [-0.3, -0.25) is 0 Å². The van der Waals surface area contributed by atoms with Gasteiger partial charge >= 0.3 is 0 Å². The Labute approximate surface area is 54.5 Å². The first-order chi connectivity index (χ1) is 4.33. The average molecular weight is 120 g/mol. The molecule has 2 nitrogen and oxygen atoms in total. The van der Waals surface area contributed by atoms with Gasteiger partial charge in [0.2, 0.25) is 0 Å². The molecule has 0 saturated carbocycles. The average Bonchev–Trinajstić information content (AvgIpc) is 2.17. The van der Waals surface area contributed by atoms with E-state index in [9.17, 15) is 0 Å². The molecule has 0 amide bonds. The molecule has 0 fully saturated rings. The van der Waals surface area contributed by atoms with Crippen molar-refractivity contribution >= 4 is 0 Å². The first-order valence-electron chi connectivity index (χ1n) is 2.73. The summed E-state index contributed by atoms with van der Waals surface area (Å²) in [5, 5.41) is 0. The van der Waals surface area contributed by atoms with Gasteiger partial charge in [-0.25, -0.2) is 4.98 Å². The molecule has 9 heavy (non-hydrogen) atoms. The minimum absolute atomic E-state index is 0.626. The molecule has 1 aromatic rings. The fourth-order valence-electron chi connectivity index (χ4n) is 0.663. The van der Waals surface area contributed by atoms with Crippen LogP contribution in [0.2, 0.25) is 0 Å². The van der Waals surface area contributed by atoms with Gasteiger partial charge < -0.3 is 4.57 Å². The van der Waals surface area contributed by atoms with Gasteiger partial charge in [0.15, 0.2) is 0 Å². The number of hydrogen-bond acceptors (Lipinski definition) is 1. The molecular weight excluding hydrogens is 112 g/mol. The SMILES string of the molecule is C#CCc1cn(C)cn1. The van der Waals surface area contributed by atoms with Gasteiger partial charge in [-0.05, 0) is 0 Å². The quantitative estimate of drug-likeness (QED) is 0.496. The van der Waals surface area contributed by atoms with Gasteiger partial charge in [0.1, 0.15) is 0 Å². The molecule has 1 heterocycles. The fourth-order valence-corrected chi connectivity index (χ4v) is 0.663. The summed E-state index contributed by atoms with van der Waals surface area (Å²) in [4.78, 5) is 4.03. The Hall–Kier alpha value is -1.23. The van der Waals surface area contributed by atoms with Crippen molar-refractivity contribution in [3.63, 3.8) is 0 Å². The van der Waals surface area contributed by atoms with Gasteiger partial charge in [0.05, 0.1) is 18.4 Å². The van der Waals surface area contributed by atoms with Crippen molar-refractivity contribution in [2.45, 2.75) is 6.42 Å². The normalized spacial score (nSPS) is 8.89. The van der Waals surface area contributed by atoms with Crippen LogP contribution in [0.5, 0.6) is 0 Å². The van der Waals surface area contributed by atoms with Gasteiger partial charge in [-0.1, -0.05) is 0 Å². The molecule has 0 saturated heterocycles. The Kier molecular flexibility index (Phi) is 1.55. The van der Waals surface area contributed by atoms with Crippen LogP contribution in [-0.2, 0) is 13.5 Å². The van der Waals surface area contributed by atoms with E-state index in [1.807, 2.05) is 17.8 Å². The molecular formula is C7H8N2. The summed E-state index contributed by atoms with van der Waals surface area (Å²) in [5.74, 6) is 2.52. The van der Waals surface area contributed by atoms with Gasteiger partial charge in [0, 0.05) is 13.2 Å². The summed E-state index contributed by atoms with van der Waals surface area (Å²) in [5.41, 5.74) is 0.958. The first kappa shape index (κ1) is 5.90. The van der Waals surface area contributed by atoms with E-state index in [1.165, 1.54) is 0 Å². The number of rotatable bonds is 1. The number of terminal acetylenes is 1. The smallest absolute Gasteiger partial charge is 0.0947 e. The molecule has 0 unspecified atom stereocenters. The third kappa shape index (κ3) is 1.33. The first-order valence-corrected chi connectivity index (χ1v) is 2.73. The van der Waals surface area contributed by atoms with Crippen molar-refractivity contribution in [3.8, 4) is 12.3 Å². The van der Waals surface area contributed by atoms with Gasteiger partial charge in [0.25, 0.3) is 0 Å². The van der Waals surface area contributed by atoms with Crippen molar-refractivity contribution in [2.75, 3.05) is 0 Å². The van der Waals surface area contributed by atoms with Crippen molar-refractivity contribution in [3.05, 3.63) is 18.2 Å². The van der Waals surface area contributed by atoms with E-state index in [-0.39, 0.29) is 0 Å². The molecule has 1 aromatic heterocycles. The Balaban J connectivity index is 2.76. The summed E-state index contributed by atoms with van der Waals surface area (Å²) in [6.07, 6.45) is 9.36. The summed E-state index contributed by atoms with van der Waals surface area (Å²) in [6.45, 7) is 0. The summed E-state index contributed by atoms with van der Waals surface area (Å²) >= 11 is 0. The van der Waals surface area contributed by atoms with Crippen LogP contribution in [0.3, 0.4) is 0 Å². The van der Waals surface area contributed by atoms with Gasteiger partial charge in [-0.15, -0.1) is 12.3 Å². The van der Waals surface area contributed by atoms with Crippen LogP contribution in [0.15, 0.2) is 12.5 Å². The molecule has 0 spiro atoms. The van der Waals surface area contributed by atoms with E-state index in [0.717, 1.165) is 5.69 Å². The summed E-state index contributed by atoms with van der Waals surface area (Å²) in [6, 6.07) is 0. The van der Waals surface area contributed by atoms with E-state index in [0.29, 0.717) is 6.42 Å². The molecule has 0 aliphatic rings. The number of aromatic nitrogens is 2. The van der Waals surface area contributed by atoms with Crippen molar-refractivity contribution < 1.29 is 0 Å². The number of hydrogen-bond donors (Lipinski definition) is 0. The standard InChI is InChI=1S/C7H8N2/c1-3-4-7-5-9(2)6-8-7/h1,5-6H,4H2,2H3. The zero-order valence-corrected chi connectivity index (χ0v) is 5.33. The highest BCUT2D eigenvalue weighted by Crippen LogP contribution is 1.92. The Bertz CT molecular complexity index is 229. The summed E-state index contributed by atoms with van der Waals surface area (Å²) < 4.78 is 1.88. The summed E-state index contributed by atoms with van der Waals surface area (Å²) in [7, 11) is 1.92. The number of aryl methyl sites for hydroxylation is 1. The number of nitrogens with zero attached hydrogens (tertiary/aromatic N) is 2. The van der Waals surface area contributed by atoms with Crippen molar-refractivity contribution in [2.24, 2.45) is 7.05 Å². The van der Waals surface area contributed by atoms with Crippen LogP contribution < -0.4 is 0 Å². The second-order valence-corrected chi connectivity index (χ2v) is 1.91. The third-order valence-corrected chi connectivity index (χ3v) is 1.04. The highest BCUT2D eigenvalue weighted by Gasteiger charge is 1.90. The lowest BCUT2D eigenvalue weighted by Crippen LogP contribution is -1.79. The minimum atomic E-state index is 0.626. The zero-order valence-electron chi connectivity index (χ0n) is 5.33. The maximum absolute atomic E-state index is 5.07. The highest BCUT2D eigenvalue weighted by atomic mass is 15.0. The third-order valence-electron chi connectivity index (χ3n) is 1.04. The van der Waals surface area contributed by atoms with Crippen LogP contribution in [0.4, 0.5) is 0 Å². The lowest BCUT2D eigenvalue weighted by molar-refractivity contribution is 0.912. The second kappa shape index (κ2) is 2.36. The molecule has 0 radical (unpaired) electrons. The molecule has 0 atom stereocenters. The molecule has 0 N–H and O–H groups in total. The van der Waals surface area contributed by atoms with Crippen LogP contribution in [0, 0.1) is 12.3 Å². The predicted octanol–water partition coefficient (Wildman–Crippen LogP) is 0.596. The molecule has 0 aromatic carbocycles. The predicted molar refractivity (Wildman–Crippen MR) is 35.7 cm³/mol. The van der Waals surface area contributed by atoms with Crippen molar-refractivity contribution in [1.29, 1.82) is 0 Å². The largest absolute Gasteiger partial charge is 0.340 e. The van der Waals surface area contributed by atoms with E-state index >= 15 is 0 Å². The molecule has 2 heteroatoms. The molecule has 1 rings (SSSR count). The molecule has 0 bridgehead atoms. The highest BCUT2D eigenvalue weighted by molar-refractivity contribution is 5.05. The Morgan fingerprint density at radius 3 is 3.11 bits per heavy atom. The number of imidazole rings is 1. The van der Waals surface area contributed by atoms with Crippen LogP contribution in [0.1, 0.15) is 5.69 Å².